The first-order chi connectivity index (χ1) is 12.3. The summed E-state index contributed by atoms with van der Waals surface area (Å²) in [6.45, 7) is 6.06. The Labute approximate surface area is 156 Å². The van der Waals surface area contributed by atoms with Crippen molar-refractivity contribution >= 4 is 11.3 Å². The van der Waals surface area contributed by atoms with Crippen molar-refractivity contribution in [3.63, 3.8) is 0 Å². The fourth-order valence-corrected chi connectivity index (χ4v) is 5.29. The van der Waals surface area contributed by atoms with Gasteiger partial charge in [0.2, 0.25) is 0 Å². The normalized spacial score (nSPS) is 19.1. The Bertz CT molecular complexity index is 698. The summed E-state index contributed by atoms with van der Waals surface area (Å²) in [7, 11) is 0. The van der Waals surface area contributed by atoms with Gasteiger partial charge in [0, 0.05) is 16.9 Å². The fraction of sp³-hybridized carbons (Fsp3) is 0.591. The molecule has 1 fully saturated rings. The quantitative estimate of drug-likeness (QED) is 0.688. The lowest BCUT2D eigenvalue weighted by Crippen LogP contribution is -2.33. The van der Waals surface area contributed by atoms with Gasteiger partial charge in [-0.15, -0.1) is 11.3 Å². The Morgan fingerprint density at radius 1 is 1.12 bits per heavy atom. The number of aromatic nitrogens is 1. The van der Waals surface area contributed by atoms with Crippen molar-refractivity contribution < 1.29 is 0 Å². The molecule has 2 nitrogen and oxygen atoms in total. The Balaban J connectivity index is 1.42. The van der Waals surface area contributed by atoms with Crippen LogP contribution in [0, 0.1) is 0 Å². The maximum Gasteiger partial charge on any atom is 0.0964 e. The monoisotopic (exact) mass is 354 g/mol. The molecule has 0 N–H and O–H groups in total. The van der Waals surface area contributed by atoms with Gasteiger partial charge in [-0.3, -0.25) is 0 Å². The first kappa shape index (κ1) is 17.2. The molecule has 0 spiro atoms. The number of hydrogen-bond acceptors (Lipinski definition) is 3. The maximum atomic E-state index is 5.04. The summed E-state index contributed by atoms with van der Waals surface area (Å²) in [4.78, 5) is 7.68. The molecule has 0 unspecified atom stereocenters. The molecule has 3 heteroatoms. The number of hydrogen-bond donors (Lipinski definition) is 0. The highest BCUT2D eigenvalue weighted by Crippen LogP contribution is 2.34. The van der Waals surface area contributed by atoms with Crippen molar-refractivity contribution in [1.82, 2.24) is 9.88 Å². The highest BCUT2D eigenvalue weighted by molar-refractivity contribution is 7.10. The molecule has 0 saturated carbocycles. The first-order valence-electron chi connectivity index (χ1n) is 10.1. The van der Waals surface area contributed by atoms with E-state index in [1.165, 1.54) is 87.3 Å². The zero-order chi connectivity index (χ0) is 17.1. The van der Waals surface area contributed by atoms with E-state index in [-0.39, 0.29) is 0 Å². The molecule has 0 atom stereocenters. The summed E-state index contributed by atoms with van der Waals surface area (Å²) in [5.74, 6) is 0.675. The van der Waals surface area contributed by atoms with Gasteiger partial charge in [0.25, 0.3) is 0 Å². The summed E-state index contributed by atoms with van der Waals surface area (Å²) in [6, 6.07) is 7.03. The second kappa shape index (κ2) is 8.01. The van der Waals surface area contributed by atoms with Crippen molar-refractivity contribution in [3.05, 3.63) is 39.7 Å². The Morgan fingerprint density at radius 3 is 2.72 bits per heavy atom. The summed E-state index contributed by atoms with van der Waals surface area (Å²) >= 11 is 1.88. The van der Waals surface area contributed by atoms with E-state index in [0.29, 0.717) is 5.92 Å². The average Bonchev–Trinajstić information content (AvgIpc) is 3.16. The lowest BCUT2D eigenvalue weighted by atomic mass is 9.90. The molecule has 2 aliphatic rings. The number of nitrogens with zero attached hydrogens (tertiary/aromatic N) is 2. The van der Waals surface area contributed by atoms with Crippen LogP contribution in [0.3, 0.4) is 0 Å². The minimum absolute atomic E-state index is 0.675. The van der Waals surface area contributed by atoms with E-state index in [2.05, 4.69) is 35.4 Å². The minimum Gasteiger partial charge on any atom is -0.303 e. The molecule has 0 bridgehead atoms. The molecule has 2 heterocycles. The molecule has 1 aliphatic carbocycles. The SMILES string of the molecule is CCCCN1CCC(c2nc(-c3ccc4c(c3)CCCC4)cs2)CC1. The van der Waals surface area contributed by atoms with Gasteiger partial charge < -0.3 is 4.90 Å². The second-order valence-corrected chi connectivity index (χ2v) is 8.62. The summed E-state index contributed by atoms with van der Waals surface area (Å²) in [5.41, 5.74) is 5.64. The van der Waals surface area contributed by atoms with E-state index in [1.807, 2.05) is 11.3 Å². The third-order valence-corrected chi connectivity index (χ3v) is 6.94. The lowest BCUT2D eigenvalue weighted by Gasteiger charge is -2.30. The van der Waals surface area contributed by atoms with Crippen LogP contribution < -0.4 is 0 Å². The number of piperidine rings is 1. The highest BCUT2D eigenvalue weighted by Gasteiger charge is 2.23. The number of thiazole rings is 1. The number of aryl methyl sites for hydroxylation is 2. The molecule has 134 valence electrons. The van der Waals surface area contributed by atoms with Gasteiger partial charge in [-0.1, -0.05) is 25.5 Å². The molecule has 2 aromatic rings. The maximum absolute atomic E-state index is 5.04. The smallest absolute Gasteiger partial charge is 0.0964 e. The fourth-order valence-electron chi connectivity index (χ4n) is 4.29. The number of fused-ring (bicyclic) bond motifs is 1. The van der Waals surface area contributed by atoms with E-state index in [9.17, 15) is 0 Å². The second-order valence-electron chi connectivity index (χ2n) is 7.73. The molecule has 1 saturated heterocycles. The summed E-state index contributed by atoms with van der Waals surface area (Å²) < 4.78 is 0. The molecular weight excluding hydrogens is 324 g/mol. The third-order valence-electron chi connectivity index (χ3n) is 5.93. The Morgan fingerprint density at radius 2 is 1.92 bits per heavy atom. The zero-order valence-corrected chi connectivity index (χ0v) is 16.3. The van der Waals surface area contributed by atoms with Crippen LogP contribution in [0.25, 0.3) is 11.3 Å². The van der Waals surface area contributed by atoms with Crippen LogP contribution in [0.5, 0.6) is 0 Å². The largest absolute Gasteiger partial charge is 0.303 e. The van der Waals surface area contributed by atoms with E-state index >= 15 is 0 Å². The predicted molar refractivity (Wildman–Crippen MR) is 108 cm³/mol. The third kappa shape index (κ3) is 3.98. The minimum atomic E-state index is 0.675. The molecular formula is C22H30N2S. The van der Waals surface area contributed by atoms with Crippen molar-refractivity contribution in [1.29, 1.82) is 0 Å². The van der Waals surface area contributed by atoms with E-state index in [0.717, 1.165) is 0 Å². The van der Waals surface area contributed by atoms with Crippen LogP contribution in [0.4, 0.5) is 0 Å². The van der Waals surface area contributed by atoms with Crippen molar-refractivity contribution in [2.75, 3.05) is 19.6 Å². The van der Waals surface area contributed by atoms with Crippen molar-refractivity contribution in [2.24, 2.45) is 0 Å². The number of likely N-dealkylation sites (tertiary alicyclic amines) is 1. The molecule has 25 heavy (non-hydrogen) atoms. The molecule has 0 radical (unpaired) electrons. The molecule has 1 aromatic carbocycles. The predicted octanol–water partition coefficient (Wildman–Crippen LogP) is 5.67. The van der Waals surface area contributed by atoms with Gasteiger partial charge in [0.1, 0.15) is 0 Å². The highest BCUT2D eigenvalue weighted by atomic mass is 32.1. The number of unbranched alkanes of at least 4 members (excludes halogenated alkanes) is 1. The van der Waals surface area contributed by atoms with Crippen LogP contribution in [0.15, 0.2) is 23.6 Å². The van der Waals surface area contributed by atoms with Crippen LogP contribution >= 0.6 is 11.3 Å². The van der Waals surface area contributed by atoms with Crippen LogP contribution in [0.1, 0.15) is 67.5 Å². The van der Waals surface area contributed by atoms with E-state index < -0.39 is 0 Å². The topological polar surface area (TPSA) is 16.1 Å². The molecule has 4 rings (SSSR count). The van der Waals surface area contributed by atoms with Crippen LogP contribution in [0.2, 0.25) is 0 Å². The standard InChI is InChI=1S/C22H30N2S/c1-2-3-12-24-13-10-18(11-14-24)22-23-21(16-25-22)20-9-8-17-6-4-5-7-19(17)15-20/h8-9,15-16,18H,2-7,10-14H2,1H3. The average molecular weight is 355 g/mol. The lowest BCUT2D eigenvalue weighted by molar-refractivity contribution is 0.209. The van der Waals surface area contributed by atoms with Crippen LogP contribution in [-0.2, 0) is 12.8 Å². The van der Waals surface area contributed by atoms with Gasteiger partial charge in [-0.05, 0) is 81.8 Å². The van der Waals surface area contributed by atoms with Gasteiger partial charge >= 0.3 is 0 Å². The van der Waals surface area contributed by atoms with Gasteiger partial charge in [0.15, 0.2) is 0 Å². The Hall–Kier alpha value is -1.19. The number of rotatable bonds is 5. The zero-order valence-electron chi connectivity index (χ0n) is 15.5. The molecule has 0 amide bonds. The molecule has 1 aliphatic heterocycles. The van der Waals surface area contributed by atoms with Gasteiger partial charge in [-0.2, -0.15) is 0 Å². The summed E-state index contributed by atoms with van der Waals surface area (Å²) in [6.07, 6.45) is 10.4. The van der Waals surface area contributed by atoms with E-state index in [1.54, 1.807) is 11.1 Å². The van der Waals surface area contributed by atoms with Gasteiger partial charge in [-0.25, -0.2) is 4.98 Å². The van der Waals surface area contributed by atoms with Crippen molar-refractivity contribution in [3.8, 4) is 11.3 Å². The first-order valence-corrected chi connectivity index (χ1v) is 11.0. The number of benzene rings is 1. The van der Waals surface area contributed by atoms with Gasteiger partial charge in [0.05, 0.1) is 10.7 Å². The van der Waals surface area contributed by atoms with Crippen molar-refractivity contribution in [2.45, 2.75) is 64.2 Å². The van der Waals surface area contributed by atoms with Crippen LogP contribution in [-0.4, -0.2) is 29.5 Å². The summed E-state index contributed by atoms with van der Waals surface area (Å²) in [5, 5.41) is 3.64. The Kier molecular flexibility index (Phi) is 5.52. The molecule has 1 aromatic heterocycles. The van der Waals surface area contributed by atoms with E-state index in [4.69, 9.17) is 4.98 Å².